The van der Waals surface area contributed by atoms with Crippen LogP contribution in [-0.4, -0.2) is 12.0 Å². The lowest BCUT2D eigenvalue weighted by atomic mass is 9.96. The number of aromatic amines is 1. The minimum absolute atomic E-state index is 0.274. The number of likely N-dealkylation sites (N-methyl/N-ethyl adjacent to an activating group) is 1. The van der Waals surface area contributed by atoms with E-state index in [4.69, 9.17) is 0 Å². The maximum atomic E-state index is 3.51. The molecule has 0 fully saturated rings. The van der Waals surface area contributed by atoms with Crippen molar-refractivity contribution in [3.05, 3.63) is 71.4 Å². The number of para-hydroxylation sites is 2. The molecule has 0 saturated carbocycles. The normalized spacial score (nSPS) is 17.2. The third-order valence-electron chi connectivity index (χ3n) is 4.43. The van der Waals surface area contributed by atoms with E-state index in [1.54, 1.807) is 0 Å². The molecular weight excluding hydrogens is 256 g/mol. The zero-order chi connectivity index (χ0) is 14.4. The molecule has 3 aromatic rings. The van der Waals surface area contributed by atoms with Crippen LogP contribution < -0.4 is 4.90 Å². The predicted octanol–water partition coefficient (Wildman–Crippen LogP) is 4.68. The minimum atomic E-state index is 0.274. The van der Waals surface area contributed by atoms with Crippen LogP contribution in [0.3, 0.4) is 0 Å². The number of aromatic nitrogens is 1. The summed E-state index contributed by atoms with van der Waals surface area (Å²) in [5.74, 6) is 0. The van der Waals surface area contributed by atoms with Crippen molar-refractivity contribution in [3.8, 4) is 0 Å². The zero-order valence-corrected chi connectivity index (χ0v) is 12.3. The Morgan fingerprint density at radius 3 is 2.67 bits per heavy atom. The van der Waals surface area contributed by atoms with E-state index in [0.29, 0.717) is 0 Å². The topological polar surface area (TPSA) is 19.0 Å². The molecule has 2 aromatic carbocycles. The molecule has 1 unspecified atom stereocenters. The Hall–Kier alpha value is -2.48. The van der Waals surface area contributed by atoms with Gasteiger partial charge in [0.05, 0.1) is 6.04 Å². The Balaban J connectivity index is 1.89. The number of nitrogens with one attached hydrogen (secondary N) is 1. The number of nitrogens with zero attached hydrogens (tertiary/aromatic N) is 1. The summed E-state index contributed by atoms with van der Waals surface area (Å²) in [6.45, 7) is 2.16. The predicted molar refractivity (Wildman–Crippen MR) is 89.7 cm³/mol. The number of benzene rings is 2. The number of hydrogen-bond donors (Lipinski definition) is 1. The molecule has 4 rings (SSSR count). The molecule has 0 aliphatic carbocycles. The van der Waals surface area contributed by atoms with Crippen molar-refractivity contribution in [1.29, 1.82) is 0 Å². The lowest BCUT2D eigenvalue weighted by Crippen LogP contribution is -2.25. The standard InChI is InChI=1S/C19H18N2/c1-13-19(15-8-4-5-9-16(15)20-13)18-12-11-14-7-3-6-10-17(14)21(18)2/h3-12,18,20H,1-2H3. The van der Waals surface area contributed by atoms with Crippen molar-refractivity contribution in [1.82, 2.24) is 4.98 Å². The summed E-state index contributed by atoms with van der Waals surface area (Å²) >= 11 is 0. The van der Waals surface area contributed by atoms with Crippen molar-refractivity contribution in [3.63, 3.8) is 0 Å². The number of rotatable bonds is 1. The molecule has 0 radical (unpaired) electrons. The van der Waals surface area contributed by atoms with Gasteiger partial charge in [0.15, 0.2) is 0 Å². The van der Waals surface area contributed by atoms with Crippen LogP contribution in [0.15, 0.2) is 54.6 Å². The van der Waals surface area contributed by atoms with Gasteiger partial charge in [0.1, 0.15) is 0 Å². The van der Waals surface area contributed by atoms with Gasteiger partial charge < -0.3 is 9.88 Å². The van der Waals surface area contributed by atoms with Gasteiger partial charge >= 0.3 is 0 Å². The quantitative estimate of drug-likeness (QED) is 0.682. The molecule has 0 amide bonds. The first-order valence-corrected chi connectivity index (χ1v) is 7.33. The summed E-state index contributed by atoms with van der Waals surface area (Å²) in [4.78, 5) is 5.87. The second-order valence-electron chi connectivity index (χ2n) is 5.68. The van der Waals surface area contributed by atoms with Crippen LogP contribution in [0.2, 0.25) is 0 Å². The fourth-order valence-electron chi connectivity index (χ4n) is 3.39. The van der Waals surface area contributed by atoms with Gasteiger partial charge in [-0.15, -0.1) is 0 Å². The second kappa shape index (κ2) is 4.52. The monoisotopic (exact) mass is 274 g/mol. The van der Waals surface area contributed by atoms with Crippen molar-refractivity contribution in [2.75, 3.05) is 11.9 Å². The van der Waals surface area contributed by atoms with Gasteiger partial charge in [-0.2, -0.15) is 0 Å². The van der Waals surface area contributed by atoms with Gasteiger partial charge in [0, 0.05) is 34.9 Å². The van der Waals surface area contributed by atoms with E-state index in [9.17, 15) is 0 Å². The van der Waals surface area contributed by atoms with Gasteiger partial charge in [-0.05, 0) is 24.6 Å². The van der Waals surface area contributed by atoms with E-state index in [-0.39, 0.29) is 6.04 Å². The number of anilines is 1. The Morgan fingerprint density at radius 1 is 1.00 bits per heavy atom. The fourth-order valence-corrected chi connectivity index (χ4v) is 3.39. The average molecular weight is 274 g/mol. The Bertz CT molecular complexity index is 842. The largest absolute Gasteiger partial charge is 0.363 e. The Labute approximate surface area is 124 Å². The highest BCUT2D eigenvalue weighted by atomic mass is 15.1. The third kappa shape index (κ3) is 1.79. The van der Waals surface area contributed by atoms with Gasteiger partial charge in [0.25, 0.3) is 0 Å². The molecular formula is C19H18N2. The zero-order valence-electron chi connectivity index (χ0n) is 12.3. The fraction of sp³-hybridized carbons (Fsp3) is 0.158. The van der Waals surface area contributed by atoms with Crippen molar-refractivity contribution in [2.45, 2.75) is 13.0 Å². The van der Waals surface area contributed by atoms with Gasteiger partial charge in [-0.25, -0.2) is 0 Å². The van der Waals surface area contributed by atoms with Crippen LogP contribution in [0.4, 0.5) is 5.69 Å². The lowest BCUT2D eigenvalue weighted by molar-refractivity contribution is 0.803. The molecule has 1 aliphatic heterocycles. The molecule has 0 saturated heterocycles. The summed E-state index contributed by atoms with van der Waals surface area (Å²) in [5, 5.41) is 1.32. The van der Waals surface area contributed by atoms with E-state index in [0.717, 1.165) is 0 Å². The van der Waals surface area contributed by atoms with E-state index in [1.165, 1.54) is 33.4 Å². The van der Waals surface area contributed by atoms with Crippen molar-refractivity contribution in [2.24, 2.45) is 0 Å². The number of aryl methyl sites for hydroxylation is 1. The van der Waals surface area contributed by atoms with E-state index in [2.05, 4.69) is 84.5 Å². The first kappa shape index (κ1) is 12.3. The minimum Gasteiger partial charge on any atom is -0.363 e. The summed E-state index contributed by atoms with van der Waals surface area (Å²) in [6.07, 6.45) is 4.53. The van der Waals surface area contributed by atoms with Crippen LogP contribution in [-0.2, 0) is 0 Å². The molecule has 0 spiro atoms. The Morgan fingerprint density at radius 2 is 1.76 bits per heavy atom. The SMILES string of the molecule is Cc1[nH]c2ccccc2c1C1C=Cc2ccccc2N1C. The van der Waals surface area contributed by atoms with Crippen LogP contribution in [0.25, 0.3) is 17.0 Å². The summed E-state index contributed by atoms with van der Waals surface area (Å²) < 4.78 is 0. The van der Waals surface area contributed by atoms with Crippen LogP contribution in [0.1, 0.15) is 22.9 Å². The van der Waals surface area contributed by atoms with Crippen LogP contribution in [0, 0.1) is 6.92 Å². The summed E-state index contributed by atoms with van der Waals surface area (Å²) in [5.41, 5.74) is 6.41. The highest BCUT2D eigenvalue weighted by Gasteiger charge is 2.24. The molecule has 0 bridgehead atoms. The maximum absolute atomic E-state index is 3.51. The molecule has 2 nitrogen and oxygen atoms in total. The molecule has 2 heteroatoms. The molecule has 104 valence electrons. The van der Waals surface area contributed by atoms with E-state index < -0.39 is 0 Å². The highest BCUT2D eigenvalue weighted by molar-refractivity contribution is 5.87. The number of hydrogen-bond acceptors (Lipinski definition) is 1. The molecule has 1 aliphatic rings. The first-order valence-electron chi connectivity index (χ1n) is 7.33. The smallest absolute Gasteiger partial charge is 0.0750 e. The van der Waals surface area contributed by atoms with Crippen molar-refractivity contribution < 1.29 is 0 Å². The summed E-state index contributed by atoms with van der Waals surface area (Å²) in [7, 11) is 2.17. The van der Waals surface area contributed by atoms with Crippen LogP contribution in [0.5, 0.6) is 0 Å². The molecule has 1 aromatic heterocycles. The van der Waals surface area contributed by atoms with Crippen molar-refractivity contribution >= 4 is 22.7 Å². The second-order valence-corrected chi connectivity index (χ2v) is 5.68. The lowest BCUT2D eigenvalue weighted by Gasteiger charge is -2.32. The maximum Gasteiger partial charge on any atom is 0.0750 e. The Kier molecular flexibility index (Phi) is 2.64. The molecule has 2 heterocycles. The first-order chi connectivity index (χ1) is 10.3. The van der Waals surface area contributed by atoms with Gasteiger partial charge in [-0.1, -0.05) is 48.6 Å². The van der Waals surface area contributed by atoms with E-state index >= 15 is 0 Å². The summed E-state index contributed by atoms with van der Waals surface area (Å²) in [6, 6.07) is 17.4. The van der Waals surface area contributed by atoms with Gasteiger partial charge in [0.2, 0.25) is 0 Å². The third-order valence-corrected chi connectivity index (χ3v) is 4.43. The average Bonchev–Trinajstić information content (AvgIpc) is 2.84. The highest BCUT2D eigenvalue weighted by Crippen LogP contribution is 2.38. The number of fused-ring (bicyclic) bond motifs is 2. The molecule has 1 atom stereocenters. The number of H-pyrrole nitrogens is 1. The van der Waals surface area contributed by atoms with Gasteiger partial charge in [-0.3, -0.25) is 0 Å². The molecule has 21 heavy (non-hydrogen) atoms. The molecule has 1 N–H and O–H groups in total. The van der Waals surface area contributed by atoms with E-state index in [1.807, 2.05) is 0 Å². The van der Waals surface area contributed by atoms with Crippen LogP contribution >= 0.6 is 0 Å².